The van der Waals surface area contributed by atoms with Crippen LogP contribution in [-0.2, 0) is 7.05 Å². The molecule has 0 amide bonds. The molecule has 0 fully saturated rings. The first-order valence-electron chi connectivity index (χ1n) is 6.40. The third kappa shape index (κ3) is 1.97. The van der Waals surface area contributed by atoms with Crippen LogP contribution in [-0.4, -0.2) is 14.5 Å². The number of nitrogens with zero attached hydrogens (tertiary/aromatic N) is 3. The van der Waals surface area contributed by atoms with Crippen LogP contribution < -0.4 is 5.73 Å². The van der Waals surface area contributed by atoms with Gasteiger partial charge in [0.15, 0.2) is 5.13 Å². The molecule has 0 saturated heterocycles. The molecule has 4 aromatic rings. The molecule has 2 heterocycles. The molecule has 0 aliphatic heterocycles. The molecule has 0 bridgehead atoms. The molecule has 6 heteroatoms. The van der Waals surface area contributed by atoms with E-state index in [0.717, 1.165) is 32.6 Å². The summed E-state index contributed by atoms with van der Waals surface area (Å²) in [4.78, 5) is 8.97. The lowest BCUT2D eigenvalue weighted by atomic mass is 10.2. The van der Waals surface area contributed by atoms with Crippen molar-refractivity contribution in [3.8, 4) is 11.4 Å². The monoisotopic (exact) mass is 314 g/mol. The van der Waals surface area contributed by atoms with Crippen molar-refractivity contribution in [2.75, 3.05) is 5.73 Å². The third-order valence-corrected chi connectivity index (χ3v) is 4.59. The molecule has 2 aromatic heterocycles. The summed E-state index contributed by atoms with van der Waals surface area (Å²) >= 11 is 7.55. The van der Waals surface area contributed by atoms with Gasteiger partial charge in [0.1, 0.15) is 5.82 Å². The van der Waals surface area contributed by atoms with Gasteiger partial charge in [-0.3, -0.25) is 0 Å². The van der Waals surface area contributed by atoms with Crippen LogP contribution in [0.2, 0.25) is 5.02 Å². The van der Waals surface area contributed by atoms with E-state index in [2.05, 4.69) is 11.1 Å². The zero-order valence-corrected chi connectivity index (χ0v) is 12.7. The Morgan fingerprint density at radius 1 is 1.10 bits per heavy atom. The number of hydrogen-bond donors (Lipinski definition) is 1. The van der Waals surface area contributed by atoms with Crippen molar-refractivity contribution in [2.24, 2.45) is 7.05 Å². The van der Waals surface area contributed by atoms with Crippen molar-refractivity contribution in [3.05, 3.63) is 41.4 Å². The average Bonchev–Trinajstić information content (AvgIpc) is 2.98. The zero-order chi connectivity index (χ0) is 14.6. The third-order valence-electron chi connectivity index (χ3n) is 3.51. The molecule has 0 aliphatic rings. The Bertz CT molecular complexity index is 986. The Morgan fingerprint density at radius 3 is 2.76 bits per heavy atom. The lowest BCUT2D eigenvalue weighted by Crippen LogP contribution is -1.92. The first kappa shape index (κ1) is 12.6. The normalized spacial score (nSPS) is 11.5. The Balaban J connectivity index is 1.96. The predicted molar refractivity (Wildman–Crippen MR) is 88.8 cm³/mol. The number of fused-ring (bicyclic) bond motifs is 2. The van der Waals surface area contributed by atoms with Gasteiger partial charge in [-0.1, -0.05) is 22.9 Å². The van der Waals surface area contributed by atoms with Crippen LogP contribution in [0.1, 0.15) is 0 Å². The summed E-state index contributed by atoms with van der Waals surface area (Å²) in [5.74, 6) is 0.904. The molecule has 0 radical (unpaired) electrons. The standard InChI is InChI=1S/C15H11ClN4S/c1-20-12-7-9(16)3-5-10(12)18-14(20)8-2-4-11-13(6-8)21-15(17)19-11/h2-7H,1H3,(H2,17,19). The molecular formula is C15H11ClN4S. The Labute approximate surface area is 129 Å². The molecule has 4 nitrogen and oxygen atoms in total. The van der Waals surface area contributed by atoms with Crippen LogP contribution in [0.3, 0.4) is 0 Å². The van der Waals surface area contributed by atoms with Gasteiger partial charge in [-0.15, -0.1) is 0 Å². The number of hydrogen-bond acceptors (Lipinski definition) is 4. The molecule has 0 atom stereocenters. The first-order chi connectivity index (χ1) is 10.1. The number of halogens is 1. The van der Waals surface area contributed by atoms with Gasteiger partial charge in [0, 0.05) is 17.6 Å². The summed E-state index contributed by atoms with van der Waals surface area (Å²) in [7, 11) is 1.99. The maximum absolute atomic E-state index is 6.07. The lowest BCUT2D eigenvalue weighted by Gasteiger charge is -2.02. The van der Waals surface area contributed by atoms with E-state index in [1.54, 1.807) is 0 Å². The van der Waals surface area contributed by atoms with Crippen LogP contribution in [0, 0.1) is 0 Å². The van der Waals surface area contributed by atoms with E-state index < -0.39 is 0 Å². The smallest absolute Gasteiger partial charge is 0.181 e. The quantitative estimate of drug-likeness (QED) is 0.576. The summed E-state index contributed by atoms with van der Waals surface area (Å²) in [5.41, 5.74) is 9.67. The number of imidazole rings is 1. The fourth-order valence-electron chi connectivity index (χ4n) is 2.50. The van der Waals surface area contributed by atoms with Crippen molar-refractivity contribution in [1.82, 2.24) is 14.5 Å². The Hall–Kier alpha value is -2.11. The van der Waals surface area contributed by atoms with Crippen LogP contribution in [0.15, 0.2) is 36.4 Å². The van der Waals surface area contributed by atoms with Gasteiger partial charge in [0.25, 0.3) is 0 Å². The molecule has 0 aliphatic carbocycles. The predicted octanol–water partition coefficient (Wildman–Crippen LogP) is 4.09. The molecule has 0 unspecified atom stereocenters. The highest BCUT2D eigenvalue weighted by Crippen LogP contribution is 2.30. The van der Waals surface area contributed by atoms with E-state index in [1.807, 2.05) is 41.9 Å². The van der Waals surface area contributed by atoms with Gasteiger partial charge < -0.3 is 10.3 Å². The van der Waals surface area contributed by atoms with Gasteiger partial charge in [0.2, 0.25) is 0 Å². The van der Waals surface area contributed by atoms with Gasteiger partial charge >= 0.3 is 0 Å². The van der Waals surface area contributed by atoms with E-state index in [4.69, 9.17) is 22.3 Å². The number of aromatic nitrogens is 3. The van der Waals surface area contributed by atoms with Crippen molar-refractivity contribution in [2.45, 2.75) is 0 Å². The minimum absolute atomic E-state index is 0.582. The number of aryl methyl sites for hydroxylation is 1. The fourth-order valence-corrected chi connectivity index (χ4v) is 3.44. The van der Waals surface area contributed by atoms with Gasteiger partial charge in [-0.2, -0.15) is 0 Å². The summed E-state index contributed by atoms with van der Waals surface area (Å²) in [6, 6.07) is 11.8. The molecule has 2 N–H and O–H groups in total. The van der Waals surface area contributed by atoms with E-state index in [-0.39, 0.29) is 0 Å². The topological polar surface area (TPSA) is 56.7 Å². The second-order valence-corrected chi connectivity index (χ2v) is 6.36. The summed E-state index contributed by atoms with van der Waals surface area (Å²) in [5, 5.41) is 1.29. The highest BCUT2D eigenvalue weighted by molar-refractivity contribution is 7.22. The van der Waals surface area contributed by atoms with Crippen molar-refractivity contribution >= 4 is 49.3 Å². The number of nitrogens with two attached hydrogens (primary N) is 1. The Morgan fingerprint density at radius 2 is 1.90 bits per heavy atom. The molecular weight excluding hydrogens is 304 g/mol. The largest absolute Gasteiger partial charge is 0.375 e. The highest BCUT2D eigenvalue weighted by atomic mass is 35.5. The van der Waals surface area contributed by atoms with E-state index in [0.29, 0.717) is 10.2 Å². The second-order valence-electron chi connectivity index (χ2n) is 4.86. The zero-order valence-electron chi connectivity index (χ0n) is 11.2. The van der Waals surface area contributed by atoms with Crippen molar-refractivity contribution in [1.29, 1.82) is 0 Å². The second kappa shape index (κ2) is 4.44. The lowest BCUT2D eigenvalue weighted by molar-refractivity contribution is 0.960. The average molecular weight is 315 g/mol. The van der Waals surface area contributed by atoms with Gasteiger partial charge in [-0.25, -0.2) is 9.97 Å². The minimum atomic E-state index is 0.582. The van der Waals surface area contributed by atoms with Crippen molar-refractivity contribution in [3.63, 3.8) is 0 Å². The molecule has 21 heavy (non-hydrogen) atoms. The van der Waals surface area contributed by atoms with Crippen LogP contribution >= 0.6 is 22.9 Å². The number of nitrogen functional groups attached to an aromatic ring is 1. The SMILES string of the molecule is Cn1c(-c2ccc3nc(N)sc3c2)nc2ccc(Cl)cc21. The molecule has 4 rings (SSSR count). The van der Waals surface area contributed by atoms with Gasteiger partial charge in [0.05, 0.1) is 21.3 Å². The number of benzene rings is 2. The van der Waals surface area contributed by atoms with Crippen LogP contribution in [0.4, 0.5) is 5.13 Å². The first-order valence-corrected chi connectivity index (χ1v) is 7.60. The summed E-state index contributed by atoms with van der Waals surface area (Å²) < 4.78 is 3.11. The summed E-state index contributed by atoms with van der Waals surface area (Å²) in [6.07, 6.45) is 0. The number of rotatable bonds is 1. The maximum atomic E-state index is 6.07. The molecule has 2 aromatic carbocycles. The highest BCUT2D eigenvalue weighted by Gasteiger charge is 2.11. The van der Waals surface area contributed by atoms with E-state index >= 15 is 0 Å². The summed E-state index contributed by atoms with van der Waals surface area (Å²) in [6.45, 7) is 0. The van der Waals surface area contributed by atoms with Crippen molar-refractivity contribution < 1.29 is 0 Å². The Kier molecular flexibility index (Phi) is 2.67. The minimum Gasteiger partial charge on any atom is -0.375 e. The number of thiazole rings is 1. The van der Waals surface area contributed by atoms with E-state index in [1.165, 1.54) is 11.3 Å². The molecule has 0 spiro atoms. The van der Waals surface area contributed by atoms with E-state index in [9.17, 15) is 0 Å². The molecule has 104 valence electrons. The van der Waals surface area contributed by atoms with Crippen LogP contribution in [0.25, 0.3) is 32.6 Å². The number of anilines is 1. The molecule has 0 saturated carbocycles. The maximum Gasteiger partial charge on any atom is 0.181 e. The van der Waals surface area contributed by atoms with Crippen LogP contribution in [0.5, 0.6) is 0 Å². The fraction of sp³-hybridized carbons (Fsp3) is 0.0667. The van der Waals surface area contributed by atoms with Gasteiger partial charge in [-0.05, 0) is 36.4 Å².